The molecule has 0 aromatic heterocycles. The van der Waals surface area contributed by atoms with Gasteiger partial charge < -0.3 is 30.2 Å². The molecule has 0 unspecified atom stereocenters. The standard InChI is InChI=1S/C33H72NO3Si.ClH/c1-7-9-11-13-15-17-19-21-23-25-27-30-34(3,32-29-33-38(35-4,36-5)37-6)31-28-26-24-22-20-18-16-14-12-10-8-2;/h7-33H2,1-6H3;1H/q+1;/p-1. The van der Waals surface area contributed by atoms with Crippen LogP contribution in [0, 0.1) is 0 Å². The molecule has 0 aromatic carbocycles. The molecule has 0 heterocycles. The summed E-state index contributed by atoms with van der Waals surface area (Å²) in [6.07, 6.45) is 32.3. The second-order valence-corrected chi connectivity index (χ2v) is 15.4. The Morgan fingerprint density at radius 2 is 0.667 bits per heavy atom. The van der Waals surface area contributed by atoms with E-state index >= 15 is 0 Å². The molecule has 0 radical (unpaired) electrons. The van der Waals surface area contributed by atoms with Gasteiger partial charge in [0.1, 0.15) is 0 Å². The van der Waals surface area contributed by atoms with Crippen LogP contribution in [0.1, 0.15) is 162 Å². The summed E-state index contributed by atoms with van der Waals surface area (Å²) < 4.78 is 18.3. The van der Waals surface area contributed by atoms with E-state index in [0.717, 1.165) is 12.5 Å². The Bertz CT molecular complexity index is 446. The van der Waals surface area contributed by atoms with Gasteiger partial charge in [0.25, 0.3) is 0 Å². The van der Waals surface area contributed by atoms with Gasteiger partial charge in [-0.3, -0.25) is 0 Å². The molecule has 0 bridgehead atoms. The van der Waals surface area contributed by atoms with Crippen molar-refractivity contribution in [3.05, 3.63) is 0 Å². The van der Waals surface area contributed by atoms with E-state index in [9.17, 15) is 0 Å². The highest BCUT2D eigenvalue weighted by Gasteiger charge is 2.38. The van der Waals surface area contributed by atoms with Gasteiger partial charge in [0, 0.05) is 33.8 Å². The first-order valence-electron chi connectivity index (χ1n) is 17.0. The van der Waals surface area contributed by atoms with Crippen molar-refractivity contribution in [2.45, 2.75) is 168 Å². The molecular weight excluding hydrogens is 522 g/mol. The van der Waals surface area contributed by atoms with Crippen molar-refractivity contribution in [2.75, 3.05) is 48.0 Å². The van der Waals surface area contributed by atoms with Gasteiger partial charge in [0.15, 0.2) is 0 Å². The van der Waals surface area contributed by atoms with E-state index in [0.29, 0.717) is 0 Å². The third-order valence-electron chi connectivity index (χ3n) is 8.72. The first-order chi connectivity index (χ1) is 18.5. The smallest absolute Gasteiger partial charge is 0.500 e. The van der Waals surface area contributed by atoms with Crippen molar-refractivity contribution in [2.24, 2.45) is 0 Å². The van der Waals surface area contributed by atoms with E-state index in [1.165, 1.54) is 165 Å². The highest BCUT2D eigenvalue weighted by atomic mass is 35.5. The second kappa shape index (κ2) is 29.8. The van der Waals surface area contributed by atoms with Gasteiger partial charge in [0.2, 0.25) is 0 Å². The average Bonchev–Trinajstić information content (AvgIpc) is 2.93. The minimum Gasteiger partial charge on any atom is -1.00 e. The normalized spacial score (nSPS) is 12.2. The van der Waals surface area contributed by atoms with Crippen LogP contribution < -0.4 is 12.4 Å². The molecule has 0 saturated heterocycles. The molecule has 0 aliphatic heterocycles. The van der Waals surface area contributed by atoms with Gasteiger partial charge in [-0.1, -0.05) is 129 Å². The number of rotatable bonds is 31. The zero-order valence-electron chi connectivity index (χ0n) is 27.6. The lowest BCUT2D eigenvalue weighted by Crippen LogP contribution is -3.00. The lowest BCUT2D eigenvalue weighted by Gasteiger charge is -2.36. The van der Waals surface area contributed by atoms with Gasteiger partial charge in [-0.15, -0.1) is 0 Å². The predicted octanol–water partition coefficient (Wildman–Crippen LogP) is 7.33. The molecule has 0 fully saturated rings. The van der Waals surface area contributed by atoms with Crippen molar-refractivity contribution in [1.82, 2.24) is 0 Å². The first kappa shape index (κ1) is 41.5. The summed E-state index contributed by atoms with van der Waals surface area (Å²) in [7, 11) is 5.26. The fourth-order valence-corrected chi connectivity index (χ4v) is 7.59. The van der Waals surface area contributed by atoms with Crippen molar-refractivity contribution < 1.29 is 30.2 Å². The summed E-state index contributed by atoms with van der Waals surface area (Å²) in [6, 6.07) is 0.918. The number of quaternary nitrogens is 1. The maximum Gasteiger partial charge on any atom is 0.500 e. The van der Waals surface area contributed by atoms with Gasteiger partial charge in [-0.25, -0.2) is 0 Å². The molecule has 0 amide bonds. The maximum atomic E-state index is 5.68. The third kappa shape index (κ3) is 24.6. The topological polar surface area (TPSA) is 27.7 Å². The third-order valence-corrected chi connectivity index (χ3v) is 11.5. The lowest BCUT2D eigenvalue weighted by molar-refractivity contribution is -0.910. The Kier molecular flexibility index (Phi) is 31.7. The monoisotopic (exact) mass is 593 g/mol. The van der Waals surface area contributed by atoms with Crippen molar-refractivity contribution >= 4 is 8.80 Å². The zero-order valence-corrected chi connectivity index (χ0v) is 29.4. The van der Waals surface area contributed by atoms with Crippen molar-refractivity contribution in [3.63, 3.8) is 0 Å². The summed E-state index contributed by atoms with van der Waals surface area (Å²) >= 11 is 0. The minimum atomic E-state index is -2.46. The Labute approximate surface area is 254 Å². The number of hydrogen-bond acceptors (Lipinski definition) is 3. The van der Waals surface area contributed by atoms with E-state index in [-0.39, 0.29) is 12.4 Å². The molecule has 4 nitrogen and oxygen atoms in total. The highest BCUT2D eigenvalue weighted by Crippen LogP contribution is 2.20. The Morgan fingerprint density at radius 3 is 0.949 bits per heavy atom. The van der Waals surface area contributed by atoms with Crippen LogP contribution in [-0.2, 0) is 13.3 Å². The van der Waals surface area contributed by atoms with E-state index in [1.54, 1.807) is 21.3 Å². The Morgan fingerprint density at radius 1 is 0.410 bits per heavy atom. The van der Waals surface area contributed by atoms with Crippen LogP contribution in [0.15, 0.2) is 0 Å². The van der Waals surface area contributed by atoms with E-state index in [2.05, 4.69) is 20.9 Å². The largest absolute Gasteiger partial charge is 1.00 e. The van der Waals surface area contributed by atoms with Crippen LogP contribution in [0.25, 0.3) is 0 Å². The average molecular weight is 594 g/mol. The molecular formula is C33H72ClNO3Si. The fourth-order valence-electron chi connectivity index (χ4n) is 5.88. The molecule has 0 rings (SSSR count). The van der Waals surface area contributed by atoms with Crippen LogP contribution in [0.2, 0.25) is 6.04 Å². The molecule has 0 aliphatic rings. The molecule has 0 N–H and O–H groups in total. The molecule has 39 heavy (non-hydrogen) atoms. The quantitative estimate of drug-likeness (QED) is 0.0478. The van der Waals surface area contributed by atoms with Crippen molar-refractivity contribution in [1.29, 1.82) is 0 Å². The van der Waals surface area contributed by atoms with Gasteiger partial charge in [0.05, 0.1) is 26.7 Å². The maximum absolute atomic E-state index is 5.68. The second-order valence-electron chi connectivity index (χ2n) is 12.3. The molecule has 6 heteroatoms. The molecule has 0 saturated carbocycles. The number of hydrogen-bond donors (Lipinski definition) is 0. The number of unbranched alkanes of at least 4 members (excludes halogenated alkanes) is 20. The van der Waals surface area contributed by atoms with E-state index in [1.807, 2.05) is 0 Å². The minimum absolute atomic E-state index is 0. The van der Waals surface area contributed by atoms with Crippen LogP contribution >= 0.6 is 0 Å². The molecule has 0 aromatic rings. The molecule has 0 spiro atoms. The van der Waals surface area contributed by atoms with Gasteiger partial charge >= 0.3 is 8.80 Å². The first-order valence-corrected chi connectivity index (χ1v) is 18.9. The predicted molar refractivity (Wildman–Crippen MR) is 170 cm³/mol. The van der Waals surface area contributed by atoms with Crippen LogP contribution in [-0.4, -0.2) is 61.3 Å². The molecule has 0 aliphatic carbocycles. The van der Waals surface area contributed by atoms with Crippen LogP contribution in [0.3, 0.4) is 0 Å². The molecule has 0 atom stereocenters. The van der Waals surface area contributed by atoms with Gasteiger partial charge in [-0.2, -0.15) is 0 Å². The molecule has 238 valence electrons. The zero-order chi connectivity index (χ0) is 28.2. The van der Waals surface area contributed by atoms with Crippen LogP contribution in [0.5, 0.6) is 0 Å². The fraction of sp³-hybridized carbons (Fsp3) is 1.00. The summed E-state index contributed by atoms with van der Waals surface area (Å²) in [5, 5.41) is 0. The summed E-state index contributed by atoms with van der Waals surface area (Å²) in [5.74, 6) is 0. The summed E-state index contributed by atoms with van der Waals surface area (Å²) in [6.45, 7) is 8.44. The SMILES string of the molecule is CCCCCCCCCCCCC[N+](C)(CCCCCCCCCCCCC)CCC[Si](OC)(OC)OC.[Cl-]. The number of halogens is 1. The highest BCUT2D eigenvalue weighted by molar-refractivity contribution is 6.60. The van der Waals surface area contributed by atoms with Gasteiger partial charge in [-0.05, 0) is 25.7 Å². The Hall–Kier alpha value is 0.347. The van der Waals surface area contributed by atoms with Crippen LogP contribution in [0.4, 0.5) is 0 Å². The summed E-state index contributed by atoms with van der Waals surface area (Å²) in [5.41, 5.74) is 0. The summed E-state index contributed by atoms with van der Waals surface area (Å²) in [4.78, 5) is 0. The Balaban J connectivity index is 0. The lowest BCUT2D eigenvalue weighted by atomic mass is 10.0. The van der Waals surface area contributed by atoms with E-state index < -0.39 is 8.80 Å². The van der Waals surface area contributed by atoms with Crippen molar-refractivity contribution in [3.8, 4) is 0 Å². The number of nitrogens with zero attached hydrogens (tertiary/aromatic N) is 1. The van der Waals surface area contributed by atoms with E-state index in [4.69, 9.17) is 13.3 Å².